The van der Waals surface area contributed by atoms with Crippen LogP contribution in [0.5, 0.6) is 0 Å². The van der Waals surface area contributed by atoms with Crippen LogP contribution in [0.1, 0.15) is 42.6 Å². The van der Waals surface area contributed by atoms with Gasteiger partial charge in [-0.2, -0.15) is 4.31 Å². The maximum Gasteiger partial charge on any atom is 0.251 e. The Morgan fingerprint density at radius 1 is 1.20 bits per heavy atom. The summed E-state index contributed by atoms with van der Waals surface area (Å²) in [6, 6.07) is 3.92. The molecule has 166 valence electrons. The first kappa shape index (κ1) is 23.8. The number of likely N-dealkylation sites (tertiary alicyclic amines) is 1. The van der Waals surface area contributed by atoms with Gasteiger partial charge >= 0.3 is 0 Å². The molecule has 1 fully saturated rings. The summed E-state index contributed by atoms with van der Waals surface area (Å²) in [5.74, 6) is -1.12. The van der Waals surface area contributed by atoms with Crippen LogP contribution < -0.4 is 10.6 Å². The first-order valence-corrected chi connectivity index (χ1v) is 11.5. The van der Waals surface area contributed by atoms with Gasteiger partial charge in [0.15, 0.2) is 0 Å². The molecule has 1 aliphatic heterocycles. The second-order valence-electron chi connectivity index (χ2n) is 7.11. The minimum atomic E-state index is -3.72. The zero-order valence-corrected chi connectivity index (χ0v) is 18.7. The van der Waals surface area contributed by atoms with Crippen LogP contribution in [-0.4, -0.2) is 74.6 Å². The Kier molecular flexibility index (Phi) is 7.96. The van der Waals surface area contributed by atoms with Crippen molar-refractivity contribution in [1.29, 1.82) is 0 Å². The Morgan fingerprint density at radius 3 is 2.47 bits per heavy atom. The molecule has 1 heterocycles. The van der Waals surface area contributed by atoms with Crippen LogP contribution in [0, 0.1) is 6.92 Å². The maximum absolute atomic E-state index is 12.9. The van der Waals surface area contributed by atoms with Crippen molar-refractivity contribution >= 4 is 27.7 Å². The quantitative estimate of drug-likeness (QED) is 0.613. The summed E-state index contributed by atoms with van der Waals surface area (Å²) >= 11 is 0. The predicted octanol–water partition coefficient (Wildman–Crippen LogP) is 0.492. The van der Waals surface area contributed by atoms with Gasteiger partial charge in [0.25, 0.3) is 5.91 Å². The lowest BCUT2D eigenvalue weighted by Gasteiger charge is -2.23. The first-order valence-electron chi connectivity index (χ1n) is 10.1. The molecule has 1 unspecified atom stereocenters. The van der Waals surface area contributed by atoms with E-state index in [9.17, 15) is 22.8 Å². The third kappa shape index (κ3) is 4.99. The Bertz CT molecular complexity index is 912. The average Bonchev–Trinajstić information content (AvgIpc) is 3.22. The number of benzene rings is 1. The molecule has 1 atom stereocenters. The summed E-state index contributed by atoms with van der Waals surface area (Å²) in [6.45, 7) is 6.03. The number of carbonyl (C=O) groups excluding carboxylic acids is 3. The van der Waals surface area contributed by atoms with E-state index in [-0.39, 0.29) is 28.8 Å². The van der Waals surface area contributed by atoms with E-state index >= 15 is 0 Å². The van der Waals surface area contributed by atoms with Crippen LogP contribution in [0.3, 0.4) is 0 Å². The topological polar surface area (TPSA) is 116 Å². The fourth-order valence-electron chi connectivity index (χ4n) is 3.59. The minimum absolute atomic E-state index is 0.0735. The standard InChI is InChI=1S/C20H30N4O5S/c1-5-23(6-2)30(28,29)17-12-15(10-9-14(17)3)19(26)22-13-18(25)24-11-7-8-16(24)20(27)21-4/h9-10,12,16H,5-8,11,13H2,1-4H3,(H,21,27)(H,22,26). The molecular weight excluding hydrogens is 408 g/mol. The van der Waals surface area contributed by atoms with Gasteiger partial charge in [-0.15, -0.1) is 0 Å². The monoisotopic (exact) mass is 438 g/mol. The summed E-state index contributed by atoms with van der Waals surface area (Å²) < 4.78 is 27.0. The molecule has 0 aliphatic carbocycles. The van der Waals surface area contributed by atoms with Gasteiger partial charge in [0.1, 0.15) is 6.04 Å². The van der Waals surface area contributed by atoms with Gasteiger partial charge in [-0.3, -0.25) is 14.4 Å². The number of aryl methyl sites for hydroxylation is 1. The van der Waals surface area contributed by atoms with E-state index in [1.165, 1.54) is 28.4 Å². The summed E-state index contributed by atoms with van der Waals surface area (Å²) in [5.41, 5.74) is 0.698. The lowest BCUT2D eigenvalue weighted by Crippen LogP contribution is -2.48. The van der Waals surface area contributed by atoms with E-state index in [0.29, 0.717) is 31.6 Å². The first-order chi connectivity index (χ1) is 14.2. The Balaban J connectivity index is 2.13. The van der Waals surface area contributed by atoms with E-state index in [1.54, 1.807) is 26.8 Å². The second-order valence-corrected chi connectivity index (χ2v) is 9.02. The molecule has 30 heavy (non-hydrogen) atoms. The van der Waals surface area contributed by atoms with Crippen molar-refractivity contribution in [3.8, 4) is 0 Å². The van der Waals surface area contributed by atoms with Crippen molar-refractivity contribution in [2.24, 2.45) is 0 Å². The molecular formula is C20H30N4O5S. The van der Waals surface area contributed by atoms with Crippen LogP contribution in [0.25, 0.3) is 0 Å². The number of hydrogen-bond acceptors (Lipinski definition) is 5. The predicted molar refractivity (Wildman–Crippen MR) is 112 cm³/mol. The zero-order valence-electron chi connectivity index (χ0n) is 17.9. The number of likely N-dealkylation sites (N-methyl/N-ethyl adjacent to an activating group) is 1. The molecule has 10 heteroatoms. The van der Waals surface area contributed by atoms with E-state index < -0.39 is 22.0 Å². The summed E-state index contributed by atoms with van der Waals surface area (Å²) in [5, 5.41) is 5.08. The van der Waals surface area contributed by atoms with Crippen LogP contribution in [0.2, 0.25) is 0 Å². The lowest BCUT2D eigenvalue weighted by atomic mass is 10.1. The summed E-state index contributed by atoms with van der Waals surface area (Å²) in [4.78, 5) is 38.5. The zero-order chi connectivity index (χ0) is 22.5. The maximum atomic E-state index is 12.9. The number of amides is 3. The van der Waals surface area contributed by atoms with Gasteiger partial charge in [0.05, 0.1) is 11.4 Å². The highest BCUT2D eigenvalue weighted by Crippen LogP contribution is 2.21. The van der Waals surface area contributed by atoms with Crippen LogP contribution in [0.15, 0.2) is 23.1 Å². The Hall–Kier alpha value is -2.46. The molecule has 0 saturated carbocycles. The number of nitrogens with one attached hydrogen (secondary N) is 2. The third-order valence-corrected chi connectivity index (χ3v) is 7.49. The normalized spacial score (nSPS) is 16.6. The average molecular weight is 439 g/mol. The van der Waals surface area contributed by atoms with Crippen molar-refractivity contribution in [3.63, 3.8) is 0 Å². The second kappa shape index (κ2) is 10.0. The van der Waals surface area contributed by atoms with Gasteiger partial charge < -0.3 is 15.5 Å². The highest BCUT2D eigenvalue weighted by molar-refractivity contribution is 7.89. The molecule has 3 amide bonds. The van der Waals surface area contributed by atoms with Crippen LogP contribution >= 0.6 is 0 Å². The Morgan fingerprint density at radius 2 is 1.87 bits per heavy atom. The fourth-order valence-corrected chi connectivity index (χ4v) is 5.29. The molecule has 1 aromatic rings. The molecule has 1 saturated heterocycles. The van der Waals surface area contributed by atoms with Gasteiger partial charge in [0, 0.05) is 32.2 Å². The molecule has 2 rings (SSSR count). The number of sulfonamides is 1. The molecule has 0 radical (unpaired) electrons. The lowest BCUT2D eigenvalue weighted by molar-refractivity contribution is -0.137. The number of carbonyl (C=O) groups is 3. The number of nitrogens with zero attached hydrogens (tertiary/aromatic N) is 2. The van der Waals surface area contributed by atoms with Gasteiger partial charge in [-0.05, 0) is 37.5 Å². The molecule has 0 aromatic heterocycles. The molecule has 0 spiro atoms. The van der Waals surface area contributed by atoms with Gasteiger partial charge in [-0.25, -0.2) is 8.42 Å². The van der Waals surface area contributed by atoms with Crippen LogP contribution in [-0.2, 0) is 19.6 Å². The highest BCUT2D eigenvalue weighted by Gasteiger charge is 2.33. The van der Waals surface area contributed by atoms with Crippen LogP contribution in [0.4, 0.5) is 0 Å². The van der Waals surface area contributed by atoms with Crippen molar-refractivity contribution in [1.82, 2.24) is 19.8 Å². The summed E-state index contributed by atoms with van der Waals surface area (Å²) in [6.07, 6.45) is 1.31. The van der Waals surface area contributed by atoms with Crippen molar-refractivity contribution in [2.45, 2.75) is 44.6 Å². The molecule has 9 nitrogen and oxygen atoms in total. The smallest absolute Gasteiger partial charge is 0.251 e. The van der Waals surface area contributed by atoms with Crippen molar-refractivity contribution in [2.75, 3.05) is 33.2 Å². The molecule has 1 aromatic carbocycles. The molecule has 0 bridgehead atoms. The van der Waals surface area contributed by atoms with Gasteiger partial charge in [-0.1, -0.05) is 19.9 Å². The third-order valence-electron chi connectivity index (χ3n) is 5.30. The van der Waals surface area contributed by atoms with E-state index in [0.717, 1.165) is 6.42 Å². The summed E-state index contributed by atoms with van der Waals surface area (Å²) in [7, 11) is -2.20. The minimum Gasteiger partial charge on any atom is -0.357 e. The number of hydrogen-bond donors (Lipinski definition) is 2. The fraction of sp³-hybridized carbons (Fsp3) is 0.550. The number of rotatable bonds is 8. The van der Waals surface area contributed by atoms with E-state index in [1.807, 2.05) is 0 Å². The largest absolute Gasteiger partial charge is 0.357 e. The van der Waals surface area contributed by atoms with E-state index in [2.05, 4.69) is 10.6 Å². The van der Waals surface area contributed by atoms with Gasteiger partial charge in [0.2, 0.25) is 21.8 Å². The van der Waals surface area contributed by atoms with E-state index in [4.69, 9.17) is 0 Å². The SMILES string of the molecule is CCN(CC)S(=O)(=O)c1cc(C(=O)NCC(=O)N2CCCC2C(=O)NC)ccc1C. The van der Waals surface area contributed by atoms with Crippen molar-refractivity contribution in [3.05, 3.63) is 29.3 Å². The molecule has 2 N–H and O–H groups in total. The van der Waals surface area contributed by atoms with Crippen molar-refractivity contribution < 1.29 is 22.8 Å². The Labute approximate surface area is 177 Å². The molecule has 1 aliphatic rings. The highest BCUT2D eigenvalue weighted by atomic mass is 32.2.